The number of ether oxygens (including phenoxy) is 1. The highest BCUT2D eigenvalue weighted by Crippen LogP contribution is 2.33. The van der Waals surface area contributed by atoms with E-state index in [2.05, 4.69) is 0 Å². The molecule has 0 radical (unpaired) electrons. The molecule has 2 rings (SSSR count). The van der Waals surface area contributed by atoms with Gasteiger partial charge in [-0.15, -0.1) is 11.3 Å². The predicted octanol–water partition coefficient (Wildman–Crippen LogP) is 2.67. The van der Waals surface area contributed by atoms with Crippen LogP contribution < -0.4 is 4.74 Å². The molecule has 2 aromatic rings. The highest BCUT2D eigenvalue weighted by molar-refractivity contribution is 7.17. The topological polar surface area (TPSA) is 46.5 Å². The van der Waals surface area contributed by atoms with Gasteiger partial charge in [-0.2, -0.15) is 0 Å². The van der Waals surface area contributed by atoms with Gasteiger partial charge < -0.3 is 9.84 Å². The number of hydrogen-bond acceptors (Lipinski definition) is 3. The van der Waals surface area contributed by atoms with Crippen LogP contribution in [0.4, 0.5) is 0 Å². The molecule has 0 amide bonds. The largest absolute Gasteiger partial charge is 0.481 e. The van der Waals surface area contributed by atoms with Crippen LogP contribution in [0.2, 0.25) is 0 Å². The Morgan fingerprint density at radius 1 is 1.53 bits per heavy atom. The van der Waals surface area contributed by atoms with Crippen LogP contribution in [0.3, 0.4) is 0 Å². The first-order chi connectivity index (χ1) is 7.18. The molecule has 1 aromatic carbocycles. The average Bonchev–Trinajstić information content (AvgIpc) is 2.58. The Labute approximate surface area is 90.9 Å². The van der Waals surface area contributed by atoms with Gasteiger partial charge in [0, 0.05) is 10.1 Å². The van der Waals surface area contributed by atoms with Crippen molar-refractivity contribution in [2.24, 2.45) is 0 Å². The molecule has 78 valence electrons. The number of aliphatic carboxylic acids is 1. The Balaban J connectivity index is 2.41. The lowest BCUT2D eigenvalue weighted by molar-refractivity contribution is -0.139. The second kappa shape index (κ2) is 3.90. The second-order valence-electron chi connectivity index (χ2n) is 3.23. The molecular formula is C11H10O3S. The summed E-state index contributed by atoms with van der Waals surface area (Å²) in [6, 6.07) is 5.67. The normalized spacial score (nSPS) is 10.5. The van der Waals surface area contributed by atoms with Gasteiger partial charge in [0.1, 0.15) is 5.75 Å². The number of thiophene rings is 1. The van der Waals surface area contributed by atoms with Crippen molar-refractivity contribution in [2.75, 3.05) is 6.61 Å². The van der Waals surface area contributed by atoms with E-state index in [1.165, 1.54) is 0 Å². The van der Waals surface area contributed by atoms with E-state index in [0.29, 0.717) is 5.75 Å². The molecule has 4 heteroatoms. The maximum atomic E-state index is 10.4. The summed E-state index contributed by atoms with van der Waals surface area (Å²) in [5.41, 5.74) is 1.12. The van der Waals surface area contributed by atoms with Crippen LogP contribution in [0.5, 0.6) is 5.75 Å². The molecular weight excluding hydrogens is 212 g/mol. The van der Waals surface area contributed by atoms with E-state index in [4.69, 9.17) is 9.84 Å². The highest BCUT2D eigenvalue weighted by atomic mass is 32.1. The molecule has 0 fully saturated rings. The number of aryl methyl sites for hydroxylation is 1. The molecule has 0 unspecified atom stereocenters. The van der Waals surface area contributed by atoms with Crippen LogP contribution in [0.25, 0.3) is 10.1 Å². The highest BCUT2D eigenvalue weighted by Gasteiger charge is 2.07. The van der Waals surface area contributed by atoms with Crippen LogP contribution in [0.15, 0.2) is 23.6 Å². The van der Waals surface area contributed by atoms with E-state index in [1.807, 2.05) is 24.4 Å². The number of hydrogen-bond donors (Lipinski definition) is 1. The fourth-order valence-electron chi connectivity index (χ4n) is 1.47. The summed E-state index contributed by atoms with van der Waals surface area (Å²) in [6.45, 7) is 1.70. The van der Waals surface area contributed by atoms with Gasteiger partial charge >= 0.3 is 5.97 Å². The van der Waals surface area contributed by atoms with Crippen LogP contribution in [0, 0.1) is 6.92 Å². The van der Waals surface area contributed by atoms with Gasteiger partial charge in [0.15, 0.2) is 6.61 Å². The van der Waals surface area contributed by atoms with E-state index in [0.717, 1.165) is 15.6 Å². The average molecular weight is 222 g/mol. The molecule has 3 nitrogen and oxygen atoms in total. The molecule has 0 saturated heterocycles. The summed E-state index contributed by atoms with van der Waals surface area (Å²) in [6.07, 6.45) is 0. The molecule has 0 bridgehead atoms. The van der Waals surface area contributed by atoms with Gasteiger partial charge in [0.2, 0.25) is 0 Å². The van der Waals surface area contributed by atoms with Crippen molar-refractivity contribution in [3.05, 3.63) is 29.1 Å². The third kappa shape index (κ3) is 1.94. The summed E-state index contributed by atoms with van der Waals surface area (Å²) >= 11 is 1.63. The lowest BCUT2D eigenvalue weighted by atomic mass is 10.2. The summed E-state index contributed by atoms with van der Waals surface area (Å²) in [5.74, 6) is -0.312. The molecule has 0 spiro atoms. The lowest BCUT2D eigenvalue weighted by Gasteiger charge is -2.05. The zero-order valence-corrected chi connectivity index (χ0v) is 9.00. The molecule has 1 heterocycles. The van der Waals surface area contributed by atoms with Crippen molar-refractivity contribution in [1.82, 2.24) is 0 Å². The molecule has 1 aromatic heterocycles. The molecule has 0 atom stereocenters. The van der Waals surface area contributed by atoms with E-state index in [1.54, 1.807) is 17.4 Å². The molecule has 0 saturated carbocycles. The van der Waals surface area contributed by atoms with Gasteiger partial charge in [-0.05, 0) is 30.0 Å². The predicted molar refractivity (Wildman–Crippen MR) is 59.7 cm³/mol. The Morgan fingerprint density at radius 3 is 3.07 bits per heavy atom. The van der Waals surface area contributed by atoms with Crippen molar-refractivity contribution in [1.29, 1.82) is 0 Å². The third-order valence-electron chi connectivity index (χ3n) is 2.10. The first kappa shape index (κ1) is 9.98. The molecule has 0 aliphatic rings. The summed E-state index contributed by atoms with van der Waals surface area (Å²) in [7, 11) is 0. The fourth-order valence-corrected chi connectivity index (χ4v) is 2.43. The number of carboxylic acids is 1. The first-order valence-electron chi connectivity index (χ1n) is 4.50. The van der Waals surface area contributed by atoms with Gasteiger partial charge in [-0.1, -0.05) is 6.07 Å². The standard InChI is InChI=1S/C11H10O3S/c1-7-6-15-9-4-2-3-8(11(7)9)14-5-10(12)13/h2-4,6H,5H2,1H3,(H,12,13). The van der Waals surface area contributed by atoms with E-state index in [-0.39, 0.29) is 6.61 Å². The van der Waals surface area contributed by atoms with Crippen LogP contribution in [0.1, 0.15) is 5.56 Å². The SMILES string of the molecule is Cc1csc2cccc(OCC(=O)O)c12. The number of fused-ring (bicyclic) bond motifs is 1. The number of rotatable bonds is 3. The maximum absolute atomic E-state index is 10.4. The quantitative estimate of drug-likeness (QED) is 0.868. The van der Waals surface area contributed by atoms with Crippen LogP contribution in [-0.4, -0.2) is 17.7 Å². The van der Waals surface area contributed by atoms with Crippen molar-refractivity contribution in [3.63, 3.8) is 0 Å². The van der Waals surface area contributed by atoms with E-state index in [9.17, 15) is 4.79 Å². The Morgan fingerprint density at radius 2 is 2.33 bits per heavy atom. The minimum absolute atomic E-state index is 0.297. The Hall–Kier alpha value is -1.55. The molecule has 0 aliphatic heterocycles. The molecule has 1 N–H and O–H groups in total. The van der Waals surface area contributed by atoms with E-state index >= 15 is 0 Å². The van der Waals surface area contributed by atoms with Crippen molar-refractivity contribution in [2.45, 2.75) is 6.92 Å². The van der Waals surface area contributed by atoms with Crippen molar-refractivity contribution >= 4 is 27.4 Å². The minimum atomic E-state index is -0.958. The summed E-state index contributed by atoms with van der Waals surface area (Å²) in [4.78, 5) is 10.4. The Bertz CT molecular complexity index is 502. The van der Waals surface area contributed by atoms with Gasteiger partial charge in [0.25, 0.3) is 0 Å². The maximum Gasteiger partial charge on any atom is 0.341 e. The Kier molecular flexibility index (Phi) is 2.60. The lowest BCUT2D eigenvalue weighted by Crippen LogP contribution is -2.09. The number of benzene rings is 1. The van der Waals surface area contributed by atoms with Gasteiger partial charge in [0.05, 0.1) is 0 Å². The zero-order valence-electron chi connectivity index (χ0n) is 8.19. The third-order valence-corrected chi connectivity index (χ3v) is 3.16. The summed E-state index contributed by atoms with van der Waals surface area (Å²) in [5, 5.41) is 11.6. The smallest absolute Gasteiger partial charge is 0.341 e. The molecule has 0 aliphatic carbocycles. The number of carbonyl (C=O) groups is 1. The van der Waals surface area contributed by atoms with Crippen molar-refractivity contribution < 1.29 is 14.6 Å². The fraction of sp³-hybridized carbons (Fsp3) is 0.182. The number of carboxylic acid groups (broad SMARTS) is 1. The van der Waals surface area contributed by atoms with Crippen LogP contribution in [-0.2, 0) is 4.79 Å². The monoisotopic (exact) mass is 222 g/mol. The first-order valence-corrected chi connectivity index (χ1v) is 5.38. The second-order valence-corrected chi connectivity index (χ2v) is 4.14. The minimum Gasteiger partial charge on any atom is -0.481 e. The summed E-state index contributed by atoms with van der Waals surface area (Å²) < 4.78 is 6.35. The van der Waals surface area contributed by atoms with E-state index < -0.39 is 5.97 Å². The van der Waals surface area contributed by atoms with Gasteiger partial charge in [-0.25, -0.2) is 4.79 Å². The molecule has 15 heavy (non-hydrogen) atoms. The van der Waals surface area contributed by atoms with Crippen LogP contribution >= 0.6 is 11.3 Å². The zero-order chi connectivity index (χ0) is 10.8. The van der Waals surface area contributed by atoms with Crippen molar-refractivity contribution in [3.8, 4) is 5.75 Å². The van der Waals surface area contributed by atoms with Gasteiger partial charge in [-0.3, -0.25) is 0 Å².